The summed E-state index contributed by atoms with van der Waals surface area (Å²) < 4.78 is 4.96. The number of nitrogens with one attached hydrogen (secondary N) is 1. The molecule has 8 heteroatoms. The van der Waals surface area contributed by atoms with Gasteiger partial charge in [0, 0.05) is 16.8 Å². The van der Waals surface area contributed by atoms with Gasteiger partial charge < -0.3 is 10.1 Å². The van der Waals surface area contributed by atoms with Crippen molar-refractivity contribution in [3.63, 3.8) is 0 Å². The van der Waals surface area contributed by atoms with Crippen LogP contribution in [-0.4, -0.2) is 40.7 Å². The van der Waals surface area contributed by atoms with Crippen LogP contribution in [0.1, 0.15) is 23.8 Å². The Balaban J connectivity index is 1.91. The van der Waals surface area contributed by atoms with Crippen LogP contribution in [0.5, 0.6) is 0 Å². The zero-order chi connectivity index (χ0) is 16.8. The molecule has 2 aromatic rings. The highest BCUT2D eigenvalue weighted by atomic mass is 32.2. The molecule has 0 fully saturated rings. The number of esters is 1. The average molecular weight is 353 g/mol. The van der Waals surface area contributed by atoms with E-state index in [0.717, 1.165) is 27.2 Å². The van der Waals surface area contributed by atoms with Gasteiger partial charge in [-0.1, -0.05) is 18.7 Å². The molecule has 0 bridgehead atoms. The van der Waals surface area contributed by atoms with Gasteiger partial charge in [0.2, 0.25) is 0 Å². The van der Waals surface area contributed by atoms with Crippen LogP contribution in [0.15, 0.2) is 11.4 Å². The quantitative estimate of drug-likeness (QED) is 0.468. The second kappa shape index (κ2) is 8.26. The van der Waals surface area contributed by atoms with Crippen LogP contribution < -0.4 is 5.32 Å². The smallest absolute Gasteiger partial charge is 0.316 e. The lowest BCUT2D eigenvalue weighted by molar-refractivity contribution is -0.145. The first-order chi connectivity index (χ1) is 11.0. The maximum Gasteiger partial charge on any atom is 0.316 e. The maximum atomic E-state index is 11.8. The number of thiophene rings is 1. The zero-order valence-electron chi connectivity index (χ0n) is 13.3. The lowest BCUT2D eigenvalue weighted by Gasteiger charge is -2.06. The molecular formula is C15H19N3O3S2. The Kier molecular flexibility index (Phi) is 6.35. The molecule has 1 amide bonds. The van der Waals surface area contributed by atoms with Crippen molar-refractivity contribution >= 4 is 45.2 Å². The summed E-state index contributed by atoms with van der Waals surface area (Å²) in [4.78, 5) is 33.8. The molecule has 0 saturated carbocycles. The lowest BCUT2D eigenvalue weighted by atomic mass is 10.2. The Morgan fingerprint density at radius 2 is 2.13 bits per heavy atom. The molecule has 23 heavy (non-hydrogen) atoms. The van der Waals surface area contributed by atoms with Crippen molar-refractivity contribution in [1.82, 2.24) is 15.3 Å². The normalized spacial score (nSPS) is 10.7. The van der Waals surface area contributed by atoms with E-state index in [0.29, 0.717) is 6.54 Å². The SMILES string of the molecule is CCCNC(=O)COC(=O)CSc1ncnc2sc(C)c(C)c12. The monoisotopic (exact) mass is 353 g/mol. The average Bonchev–Trinajstić information content (AvgIpc) is 2.84. The third-order valence-corrected chi connectivity index (χ3v) is 5.27. The fourth-order valence-electron chi connectivity index (χ4n) is 1.89. The molecule has 1 N–H and O–H groups in total. The van der Waals surface area contributed by atoms with E-state index in [1.807, 2.05) is 20.8 Å². The van der Waals surface area contributed by atoms with Gasteiger partial charge in [0.05, 0.1) is 5.75 Å². The topological polar surface area (TPSA) is 81.2 Å². The van der Waals surface area contributed by atoms with Crippen molar-refractivity contribution in [2.75, 3.05) is 18.9 Å². The molecule has 0 aliphatic carbocycles. The van der Waals surface area contributed by atoms with E-state index in [1.165, 1.54) is 23.0 Å². The highest BCUT2D eigenvalue weighted by Gasteiger charge is 2.14. The van der Waals surface area contributed by atoms with Crippen LogP contribution >= 0.6 is 23.1 Å². The molecule has 0 aliphatic rings. The van der Waals surface area contributed by atoms with E-state index in [1.54, 1.807) is 11.3 Å². The predicted molar refractivity (Wildman–Crippen MR) is 91.9 cm³/mol. The molecule has 0 aliphatic heterocycles. The maximum absolute atomic E-state index is 11.8. The van der Waals surface area contributed by atoms with Crippen LogP contribution in [0.2, 0.25) is 0 Å². The molecule has 0 unspecified atom stereocenters. The number of rotatable bonds is 7. The third kappa shape index (κ3) is 4.65. The van der Waals surface area contributed by atoms with Crippen LogP contribution in [0.4, 0.5) is 0 Å². The van der Waals surface area contributed by atoms with Gasteiger partial charge in [-0.25, -0.2) is 9.97 Å². The first-order valence-electron chi connectivity index (χ1n) is 7.28. The molecule has 0 aromatic carbocycles. The molecule has 2 aromatic heterocycles. The van der Waals surface area contributed by atoms with Crippen molar-refractivity contribution in [1.29, 1.82) is 0 Å². The summed E-state index contributed by atoms with van der Waals surface area (Å²) >= 11 is 2.92. The molecule has 0 radical (unpaired) electrons. The summed E-state index contributed by atoms with van der Waals surface area (Å²) in [5.41, 5.74) is 1.14. The number of amides is 1. The van der Waals surface area contributed by atoms with Gasteiger partial charge in [-0.2, -0.15) is 0 Å². The third-order valence-electron chi connectivity index (χ3n) is 3.19. The van der Waals surface area contributed by atoms with Gasteiger partial charge >= 0.3 is 5.97 Å². The Morgan fingerprint density at radius 1 is 1.35 bits per heavy atom. The van der Waals surface area contributed by atoms with Crippen molar-refractivity contribution in [3.05, 3.63) is 16.8 Å². The number of nitrogens with zero attached hydrogens (tertiary/aromatic N) is 2. The van der Waals surface area contributed by atoms with Gasteiger partial charge in [-0.05, 0) is 25.8 Å². The highest BCUT2D eigenvalue weighted by Crippen LogP contribution is 2.34. The minimum atomic E-state index is -0.432. The van der Waals surface area contributed by atoms with Gasteiger partial charge in [0.25, 0.3) is 5.91 Å². The molecular weight excluding hydrogens is 334 g/mol. The van der Waals surface area contributed by atoms with Crippen LogP contribution in [0.25, 0.3) is 10.2 Å². The Bertz CT molecular complexity index is 715. The summed E-state index contributed by atoms with van der Waals surface area (Å²) in [6.45, 7) is 6.37. The Labute approximate surface area is 143 Å². The molecule has 0 saturated heterocycles. The fourth-order valence-corrected chi connectivity index (χ4v) is 3.81. The molecule has 2 heterocycles. The van der Waals surface area contributed by atoms with Gasteiger partial charge in [0.1, 0.15) is 16.2 Å². The van der Waals surface area contributed by atoms with Crippen molar-refractivity contribution in [2.45, 2.75) is 32.2 Å². The van der Waals surface area contributed by atoms with E-state index in [2.05, 4.69) is 15.3 Å². The number of fused-ring (bicyclic) bond motifs is 1. The molecule has 6 nitrogen and oxygen atoms in total. The van der Waals surface area contributed by atoms with Crippen molar-refractivity contribution in [2.24, 2.45) is 0 Å². The summed E-state index contributed by atoms with van der Waals surface area (Å²) in [5, 5.41) is 4.42. The summed E-state index contributed by atoms with van der Waals surface area (Å²) in [7, 11) is 0. The molecule has 124 valence electrons. The zero-order valence-corrected chi connectivity index (χ0v) is 15.0. The van der Waals surface area contributed by atoms with E-state index in [4.69, 9.17) is 4.74 Å². The number of aryl methyl sites for hydroxylation is 2. The Hall–Kier alpha value is -1.67. The van der Waals surface area contributed by atoms with Crippen molar-refractivity contribution < 1.29 is 14.3 Å². The number of carbonyl (C=O) groups is 2. The minimum absolute atomic E-state index is 0.113. The van der Waals surface area contributed by atoms with E-state index >= 15 is 0 Å². The largest absolute Gasteiger partial charge is 0.455 e. The summed E-state index contributed by atoms with van der Waals surface area (Å²) in [6.07, 6.45) is 2.35. The van der Waals surface area contributed by atoms with Crippen molar-refractivity contribution in [3.8, 4) is 0 Å². The van der Waals surface area contributed by atoms with E-state index in [-0.39, 0.29) is 18.3 Å². The standard InChI is InChI=1S/C15H19N3O3S2/c1-4-5-16-11(19)6-21-12(20)7-22-14-13-9(2)10(3)23-15(13)18-8-17-14/h8H,4-7H2,1-3H3,(H,16,19). The number of ether oxygens (including phenoxy) is 1. The van der Waals surface area contributed by atoms with E-state index in [9.17, 15) is 9.59 Å². The lowest BCUT2D eigenvalue weighted by Crippen LogP contribution is -2.29. The fraction of sp³-hybridized carbons (Fsp3) is 0.467. The van der Waals surface area contributed by atoms with Crippen LogP contribution in [-0.2, 0) is 14.3 Å². The summed E-state index contributed by atoms with van der Waals surface area (Å²) in [5.74, 6) is -0.599. The van der Waals surface area contributed by atoms with Gasteiger partial charge in [0.15, 0.2) is 6.61 Å². The predicted octanol–water partition coefficient (Wildman–Crippen LogP) is 2.47. The van der Waals surface area contributed by atoms with Crippen LogP contribution in [0, 0.1) is 13.8 Å². The molecule has 2 rings (SSSR count). The minimum Gasteiger partial charge on any atom is -0.455 e. The van der Waals surface area contributed by atoms with Gasteiger partial charge in [-0.15, -0.1) is 11.3 Å². The Morgan fingerprint density at radius 3 is 2.87 bits per heavy atom. The first kappa shape index (κ1) is 17.7. The first-order valence-corrected chi connectivity index (χ1v) is 9.09. The highest BCUT2D eigenvalue weighted by molar-refractivity contribution is 8.00. The van der Waals surface area contributed by atoms with E-state index < -0.39 is 5.97 Å². The summed E-state index contributed by atoms with van der Waals surface area (Å²) in [6, 6.07) is 0. The number of hydrogen-bond donors (Lipinski definition) is 1. The van der Waals surface area contributed by atoms with Crippen LogP contribution in [0.3, 0.4) is 0 Å². The second-order valence-corrected chi connectivity index (χ2v) is 7.11. The second-order valence-electron chi connectivity index (χ2n) is 4.94. The number of carbonyl (C=O) groups excluding carboxylic acids is 2. The molecule has 0 atom stereocenters. The van der Waals surface area contributed by atoms with Gasteiger partial charge in [-0.3, -0.25) is 9.59 Å². The molecule has 0 spiro atoms. The number of aromatic nitrogens is 2. The number of thioether (sulfide) groups is 1. The number of hydrogen-bond acceptors (Lipinski definition) is 7.